The topological polar surface area (TPSA) is 127 Å². The standard InChI is InChI=1S/C25H27N7O3/c1-34-15-18-6-9-27-23-20(18)7-10-28-24(23)30-22-12-21(31-32-22)17-4-5-19(11-17)35-25(33)29-14-16-3-2-8-26-13-16/h2-3,6-10,12-13,17,19H,4-5,11,14-15H2,1H3,(H,29,33)(H2,28,30,31,32)/t17-,19+/m0/s1. The van der Waals surface area contributed by atoms with Crippen molar-refractivity contribution in [3.05, 3.63) is 71.9 Å². The Labute approximate surface area is 202 Å². The average molecular weight is 474 g/mol. The van der Waals surface area contributed by atoms with Crippen molar-refractivity contribution >= 4 is 28.6 Å². The summed E-state index contributed by atoms with van der Waals surface area (Å²) in [4.78, 5) is 25.2. The van der Waals surface area contributed by atoms with E-state index in [1.54, 1.807) is 31.9 Å². The smallest absolute Gasteiger partial charge is 0.407 e. The number of ether oxygens (including phenoxy) is 2. The van der Waals surface area contributed by atoms with Crippen LogP contribution in [-0.4, -0.2) is 44.5 Å². The van der Waals surface area contributed by atoms with Gasteiger partial charge in [0.2, 0.25) is 0 Å². The van der Waals surface area contributed by atoms with Gasteiger partial charge in [-0.2, -0.15) is 5.10 Å². The number of hydrogen-bond acceptors (Lipinski definition) is 8. The number of rotatable bonds is 8. The van der Waals surface area contributed by atoms with Crippen LogP contribution in [0.15, 0.2) is 55.1 Å². The molecule has 4 aromatic heterocycles. The second kappa shape index (κ2) is 10.5. The van der Waals surface area contributed by atoms with Crippen LogP contribution in [0.2, 0.25) is 0 Å². The number of alkyl carbamates (subject to hydrolysis) is 1. The molecule has 0 bridgehead atoms. The molecule has 10 heteroatoms. The molecule has 0 unspecified atom stereocenters. The second-order valence-corrected chi connectivity index (χ2v) is 8.54. The van der Waals surface area contributed by atoms with Crippen molar-refractivity contribution in [3.8, 4) is 0 Å². The Balaban J connectivity index is 1.18. The molecule has 4 aromatic rings. The van der Waals surface area contributed by atoms with Crippen molar-refractivity contribution in [1.29, 1.82) is 0 Å². The fourth-order valence-corrected chi connectivity index (χ4v) is 4.44. The molecule has 0 spiro atoms. The minimum atomic E-state index is -0.408. The molecule has 1 aliphatic carbocycles. The minimum Gasteiger partial charge on any atom is -0.446 e. The van der Waals surface area contributed by atoms with Crippen LogP contribution >= 0.6 is 0 Å². The summed E-state index contributed by atoms with van der Waals surface area (Å²) in [5.41, 5.74) is 3.74. The fourth-order valence-electron chi connectivity index (χ4n) is 4.44. The first kappa shape index (κ1) is 22.7. The van der Waals surface area contributed by atoms with Gasteiger partial charge in [0.05, 0.1) is 6.61 Å². The van der Waals surface area contributed by atoms with E-state index >= 15 is 0 Å². The Morgan fingerprint density at radius 3 is 2.94 bits per heavy atom. The number of amides is 1. The molecule has 5 rings (SSSR count). The lowest BCUT2D eigenvalue weighted by molar-refractivity contribution is 0.0996. The van der Waals surface area contributed by atoms with Crippen LogP contribution in [0.5, 0.6) is 0 Å². The molecule has 2 atom stereocenters. The summed E-state index contributed by atoms with van der Waals surface area (Å²) in [6, 6.07) is 9.60. The van der Waals surface area contributed by atoms with Gasteiger partial charge >= 0.3 is 6.09 Å². The predicted molar refractivity (Wildman–Crippen MR) is 130 cm³/mol. The first-order valence-electron chi connectivity index (χ1n) is 11.6. The number of aromatic amines is 1. The number of carbonyl (C=O) groups is 1. The summed E-state index contributed by atoms with van der Waals surface area (Å²) in [5, 5.41) is 14.6. The number of methoxy groups -OCH3 is 1. The lowest BCUT2D eigenvalue weighted by Gasteiger charge is -2.13. The number of carbonyl (C=O) groups excluding carboxylic acids is 1. The largest absolute Gasteiger partial charge is 0.446 e. The molecule has 3 N–H and O–H groups in total. The maximum absolute atomic E-state index is 12.2. The molecule has 10 nitrogen and oxygen atoms in total. The summed E-state index contributed by atoms with van der Waals surface area (Å²) in [5.74, 6) is 1.54. The SMILES string of the molecule is COCc1ccnc2c(Nc3cc([C@H]4CC[C@@H](OC(=O)NCc5cccnc5)C4)[nH]n3)nccc12. The summed E-state index contributed by atoms with van der Waals surface area (Å²) in [6.07, 6.45) is 8.85. The van der Waals surface area contributed by atoms with Crippen molar-refractivity contribution in [2.75, 3.05) is 12.4 Å². The number of aromatic nitrogens is 5. The fraction of sp³-hybridized carbons (Fsp3) is 0.320. The zero-order valence-electron chi connectivity index (χ0n) is 19.4. The number of anilines is 2. The van der Waals surface area contributed by atoms with Crippen molar-refractivity contribution < 1.29 is 14.3 Å². The van der Waals surface area contributed by atoms with Crippen molar-refractivity contribution in [1.82, 2.24) is 30.5 Å². The van der Waals surface area contributed by atoms with Crippen molar-refractivity contribution in [2.45, 2.75) is 44.4 Å². The Morgan fingerprint density at radius 2 is 2.09 bits per heavy atom. The molecule has 0 saturated heterocycles. The van der Waals surface area contributed by atoms with E-state index in [-0.39, 0.29) is 12.0 Å². The molecule has 1 aliphatic rings. The molecule has 180 valence electrons. The minimum absolute atomic E-state index is 0.128. The highest BCUT2D eigenvalue weighted by Gasteiger charge is 2.30. The highest BCUT2D eigenvalue weighted by molar-refractivity contribution is 5.91. The van der Waals surface area contributed by atoms with Gasteiger partial charge < -0.3 is 20.1 Å². The summed E-state index contributed by atoms with van der Waals surface area (Å²) in [7, 11) is 1.67. The number of pyridine rings is 3. The molecule has 4 heterocycles. The predicted octanol–water partition coefficient (Wildman–Crippen LogP) is 4.20. The van der Waals surface area contributed by atoms with Gasteiger partial charge in [-0.3, -0.25) is 15.1 Å². The number of H-pyrrole nitrogens is 1. The van der Waals surface area contributed by atoms with E-state index in [0.29, 0.717) is 24.8 Å². The maximum atomic E-state index is 12.2. The van der Waals surface area contributed by atoms with Gasteiger partial charge in [-0.25, -0.2) is 9.78 Å². The van der Waals surface area contributed by atoms with Crippen LogP contribution in [0, 0.1) is 0 Å². The van der Waals surface area contributed by atoms with E-state index in [0.717, 1.165) is 47.0 Å². The number of nitrogens with one attached hydrogen (secondary N) is 3. The van der Waals surface area contributed by atoms with Gasteiger partial charge in [-0.1, -0.05) is 6.07 Å². The number of hydrogen-bond donors (Lipinski definition) is 3. The molecule has 0 radical (unpaired) electrons. The van der Waals surface area contributed by atoms with E-state index in [1.165, 1.54) is 0 Å². The van der Waals surface area contributed by atoms with Crippen LogP contribution in [0.25, 0.3) is 10.9 Å². The van der Waals surface area contributed by atoms with E-state index in [9.17, 15) is 4.79 Å². The highest BCUT2D eigenvalue weighted by atomic mass is 16.6. The second-order valence-electron chi connectivity index (χ2n) is 8.54. The van der Waals surface area contributed by atoms with Crippen LogP contribution in [0.1, 0.15) is 42.0 Å². The van der Waals surface area contributed by atoms with Crippen molar-refractivity contribution in [3.63, 3.8) is 0 Å². The number of fused-ring (bicyclic) bond motifs is 1. The monoisotopic (exact) mass is 473 g/mol. The zero-order valence-corrected chi connectivity index (χ0v) is 19.4. The molecule has 1 fully saturated rings. The first-order chi connectivity index (χ1) is 17.2. The number of nitrogens with zero attached hydrogens (tertiary/aromatic N) is 4. The van der Waals surface area contributed by atoms with Gasteiger partial charge in [0, 0.05) is 61.5 Å². The molecule has 0 aromatic carbocycles. The molecule has 35 heavy (non-hydrogen) atoms. The van der Waals surface area contributed by atoms with E-state index in [2.05, 4.69) is 35.8 Å². The summed E-state index contributed by atoms with van der Waals surface area (Å²) in [6.45, 7) is 0.893. The van der Waals surface area contributed by atoms with Crippen LogP contribution in [0.4, 0.5) is 16.4 Å². The zero-order chi connectivity index (χ0) is 24.0. The third kappa shape index (κ3) is 5.38. The molecule has 0 aliphatic heterocycles. The molecule has 1 saturated carbocycles. The van der Waals surface area contributed by atoms with Gasteiger partial charge in [-0.05, 0) is 48.6 Å². The lowest BCUT2D eigenvalue weighted by Crippen LogP contribution is -2.27. The Kier molecular flexibility index (Phi) is 6.80. The quantitative estimate of drug-likeness (QED) is 0.347. The first-order valence-corrected chi connectivity index (χ1v) is 11.6. The lowest BCUT2D eigenvalue weighted by atomic mass is 10.0. The normalized spacial score (nSPS) is 17.4. The third-order valence-corrected chi connectivity index (χ3v) is 6.15. The van der Waals surface area contributed by atoms with Crippen molar-refractivity contribution in [2.24, 2.45) is 0 Å². The van der Waals surface area contributed by atoms with E-state index in [4.69, 9.17) is 9.47 Å². The average Bonchev–Trinajstić information content (AvgIpc) is 3.54. The van der Waals surface area contributed by atoms with Gasteiger partial charge in [-0.15, -0.1) is 0 Å². The van der Waals surface area contributed by atoms with Gasteiger partial charge in [0.25, 0.3) is 0 Å². The van der Waals surface area contributed by atoms with Gasteiger partial charge in [0.1, 0.15) is 11.6 Å². The van der Waals surface area contributed by atoms with Crippen LogP contribution in [0.3, 0.4) is 0 Å². The van der Waals surface area contributed by atoms with Crippen LogP contribution < -0.4 is 10.6 Å². The highest BCUT2D eigenvalue weighted by Crippen LogP contribution is 2.36. The summed E-state index contributed by atoms with van der Waals surface area (Å²) >= 11 is 0. The molecule has 1 amide bonds. The van der Waals surface area contributed by atoms with E-state index in [1.807, 2.05) is 30.3 Å². The van der Waals surface area contributed by atoms with E-state index < -0.39 is 6.09 Å². The Hall–Kier alpha value is -4.05. The van der Waals surface area contributed by atoms with Gasteiger partial charge in [0.15, 0.2) is 11.6 Å². The van der Waals surface area contributed by atoms with Crippen LogP contribution in [-0.2, 0) is 22.6 Å². The Morgan fingerprint density at radius 1 is 1.17 bits per heavy atom. The Bertz CT molecular complexity index is 1290. The summed E-state index contributed by atoms with van der Waals surface area (Å²) < 4.78 is 10.9. The third-order valence-electron chi connectivity index (χ3n) is 6.15. The molecular weight excluding hydrogens is 446 g/mol. The molecular formula is C25H27N7O3. The maximum Gasteiger partial charge on any atom is 0.407 e.